The molecule has 84 valence electrons. The number of hydrogen-bond acceptors (Lipinski definition) is 2. The molecule has 2 nitrogen and oxygen atoms in total. The Morgan fingerprint density at radius 2 is 1.88 bits per heavy atom. The van der Waals surface area contributed by atoms with Gasteiger partial charge in [-0.05, 0) is 30.2 Å². The number of aryl methyl sites for hydroxylation is 1. The van der Waals surface area contributed by atoms with Crippen LogP contribution in [0, 0.1) is 6.92 Å². The van der Waals surface area contributed by atoms with Gasteiger partial charge in [-0.2, -0.15) is 0 Å². The molecule has 17 heavy (non-hydrogen) atoms. The third-order valence-corrected chi connectivity index (χ3v) is 3.08. The van der Waals surface area contributed by atoms with Crippen LogP contribution in [-0.4, -0.2) is 10.1 Å². The molecular weight excluding hydrogens is 210 g/mol. The molecule has 0 fully saturated rings. The lowest BCUT2D eigenvalue weighted by Gasteiger charge is -2.05. The van der Waals surface area contributed by atoms with E-state index in [4.69, 9.17) is 0 Å². The molecule has 0 saturated heterocycles. The van der Waals surface area contributed by atoms with E-state index in [1.807, 2.05) is 49.4 Å². The number of allylic oxidation sites excluding steroid dienone is 1. The van der Waals surface area contributed by atoms with Crippen molar-refractivity contribution in [2.45, 2.75) is 13.3 Å². The van der Waals surface area contributed by atoms with Crippen LogP contribution in [0.1, 0.15) is 22.5 Å². The Hall–Kier alpha value is -2.09. The number of aliphatic hydroxyl groups is 1. The van der Waals surface area contributed by atoms with Crippen molar-refractivity contribution >= 4 is 5.57 Å². The highest BCUT2D eigenvalue weighted by Gasteiger charge is 2.22. The molecule has 1 aromatic carbocycles. The van der Waals surface area contributed by atoms with E-state index in [0.29, 0.717) is 12.2 Å². The number of nitrogens with zero attached hydrogens (tertiary/aromatic N) is 1. The van der Waals surface area contributed by atoms with E-state index in [9.17, 15) is 5.11 Å². The van der Waals surface area contributed by atoms with Crippen molar-refractivity contribution in [3.8, 4) is 0 Å². The summed E-state index contributed by atoms with van der Waals surface area (Å²) in [6, 6.07) is 14.0. The summed E-state index contributed by atoms with van der Waals surface area (Å²) in [5, 5.41) is 10.1. The molecule has 1 N–H and O–H groups in total. The Kier molecular flexibility index (Phi) is 2.22. The van der Waals surface area contributed by atoms with Crippen molar-refractivity contribution in [1.29, 1.82) is 0 Å². The van der Waals surface area contributed by atoms with Crippen LogP contribution in [0.2, 0.25) is 0 Å². The van der Waals surface area contributed by atoms with Crippen LogP contribution in [-0.2, 0) is 6.42 Å². The summed E-state index contributed by atoms with van der Waals surface area (Å²) in [5.41, 5.74) is 4.97. The molecule has 0 unspecified atom stereocenters. The van der Waals surface area contributed by atoms with Gasteiger partial charge in [-0.15, -0.1) is 0 Å². The van der Waals surface area contributed by atoms with Crippen molar-refractivity contribution in [2.24, 2.45) is 0 Å². The molecule has 1 aliphatic carbocycles. The molecule has 2 aromatic rings. The van der Waals surface area contributed by atoms with Crippen LogP contribution in [0.25, 0.3) is 5.57 Å². The van der Waals surface area contributed by atoms with Crippen LogP contribution in [0.15, 0.2) is 48.2 Å². The second kappa shape index (κ2) is 3.74. The Morgan fingerprint density at radius 3 is 2.71 bits per heavy atom. The molecule has 2 heteroatoms. The predicted molar refractivity (Wildman–Crippen MR) is 67.8 cm³/mol. The van der Waals surface area contributed by atoms with Gasteiger partial charge in [0.25, 0.3) is 0 Å². The monoisotopic (exact) mass is 223 g/mol. The summed E-state index contributed by atoms with van der Waals surface area (Å²) in [4.78, 5) is 4.49. The Balaban J connectivity index is 2.18. The third kappa shape index (κ3) is 1.62. The van der Waals surface area contributed by atoms with Crippen LogP contribution in [0.5, 0.6) is 0 Å². The summed E-state index contributed by atoms with van der Waals surface area (Å²) in [5.74, 6) is 0.421. The van der Waals surface area contributed by atoms with Crippen molar-refractivity contribution in [3.05, 3.63) is 70.7 Å². The van der Waals surface area contributed by atoms with Crippen molar-refractivity contribution in [2.75, 3.05) is 0 Å². The maximum atomic E-state index is 10.1. The number of rotatable bonds is 1. The van der Waals surface area contributed by atoms with Crippen molar-refractivity contribution in [3.63, 3.8) is 0 Å². The fourth-order valence-electron chi connectivity index (χ4n) is 2.31. The van der Waals surface area contributed by atoms with E-state index in [0.717, 1.165) is 22.5 Å². The molecule has 3 rings (SSSR count). The maximum absolute atomic E-state index is 10.1. The lowest BCUT2D eigenvalue weighted by Crippen LogP contribution is -1.93. The van der Waals surface area contributed by atoms with Crippen molar-refractivity contribution in [1.82, 2.24) is 4.98 Å². The SMILES string of the molecule is Cc1cccc(C2=C(O)Cc3ccccc32)n1. The van der Waals surface area contributed by atoms with Gasteiger partial charge in [-0.3, -0.25) is 4.98 Å². The number of aromatic nitrogens is 1. The van der Waals surface area contributed by atoms with Gasteiger partial charge in [-0.1, -0.05) is 30.3 Å². The van der Waals surface area contributed by atoms with Crippen LogP contribution in [0.4, 0.5) is 0 Å². The summed E-state index contributed by atoms with van der Waals surface area (Å²) in [6.45, 7) is 1.96. The molecular formula is C15H13NO. The smallest absolute Gasteiger partial charge is 0.107 e. The second-order valence-corrected chi connectivity index (χ2v) is 4.32. The molecule has 0 spiro atoms. The number of aliphatic hydroxyl groups excluding tert-OH is 1. The van der Waals surface area contributed by atoms with Gasteiger partial charge < -0.3 is 5.11 Å². The van der Waals surface area contributed by atoms with E-state index in [1.165, 1.54) is 5.56 Å². The lowest BCUT2D eigenvalue weighted by atomic mass is 10.0. The Labute approximate surface area is 100 Å². The number of hydrogen-bond donors (Lipinski definition) is 1. The van der Waals surface area contributed by atoms with E-state index < -0.39 is 0 Å². The summed E-state index contributed by atoms with van der Waals surface area (Å²) in [7, 11) is 0. The molecule has 1 aromatic heterocycles. The predicted octanol–water partition coefficient (Wildman–Crippen LogP) is 3.26. The first-order valence-corrected chi connectivity index (χ1v) is 5.70. The zero-order valence-corrected chi connectivity index (χ0v) is 9.64. The van der Waals surface area contributed by atoms with Gasteiger partial charge in [0.15, 0.2) is 0 Å². The Morgan fingerprint density at radius 1 is 1.06 bits per heavy atom. The van der Waals surface area contributed by atoms with Crippen LogP contribution in [0.3, 0.4) is 0 Å². The first kappa shape index (κ1) is 10.1. The molecule has 0 atom stereocenters. The fraction of sp³-hybridized carbons (Fsp3) is 0.133. The van der Waals surface area contributed by atoms with Gasteiger partial charge in [0.2, 0.25) is 0 Å². The van der Waals surface area contributed by atoms with Crippen molar-refractivity contribution < 1.29 is 5.11 Å². The highest BCUT2D eigenvalue weighted by Crippen LogP contribution is 2.35. The first-order chi connectivity index (χ1) is 8.25. The maximum Gasteiger partial charge on any atom is 0.107 e. The number of pyridine rings is 1. The average molecular weight is 223 g/mol. The Bertz CT molecular complexity index is 614. The molecule has 0 bridgehead atoms. The zero-order valence-electron chi connectivity index (χ0n) is 9.64. The largest absolute Gasteiger partial charge is 0.511 e. The van der Waals surface area contributed by atoms with Gasteiger partial charge in [0, 0.05) is 17.7 Å². The van der Waals surface area contributed by atoms with Crippen LogP contribution >= 0.6 is 0 Å². The van der Waals surface area contributed by atoms with E-state index in [-0.39, 0.29) is 0 Å². The number of fused-ring (bicyclic) bond motifs is 1. The number of benzene rings is 1. The first-order valence-electron chi connectivity index (χ1n) is 5.70. The standard InChI is InChI=1S/C15H13NO/c1-10-5-4-8-13(16-10)15-12-7-3-2-6-11(12)9-14(15)17/h2-8,17H,9H2,1H3. The van der Waals surface area contributed by atoms with E-state index >= 15 is 0 Å². The third-order valence-electron chi connectivity index (χ3n) is 3.08. The topological polar surface area (TPSA) is 33.1 Å². The zero-order chi connectivity index (χ0) is 11.8. The summed E-state index contributed by atoms with van der Waals surface area (Å²) < 4.78 is 0. The normalized spacial score (nSPS) is 13.9. The summed E-state index contributed by atoms with van der Waals surface area (Å²) >= 11 is 0. The minimum atomic E-state index is 0.421. The minimum absolute atomic E-state index is 0.421. The van der Waals surface area contributed by atoms with E-state index in [2.05, 4.69) is 4.98 Å². The van der Waals surface area contributed by atoms with Gasteiger partial charge in [0.05, 0.1) is 5.69 Å². The molecule has 1 aliphatic rings. The molecule has 0 amide bonds. The van der Waals surface area contributed by atoms with Crippen LogP contribution < -0.4 is 0 Å². The van der Waals surface area contributed by atoms with E-state index in [1.54, 1.807) is 0 Å². The molecule has 1 heterocycles. The van der Waals surface area contributed by atoms with Gasteiger partial charge in [-0.25, -0.2) is 0 Å². The highest BCUT2D eigenvalue weighted by molar-refractivity contribution is 5.84. The van der Waals surface area contributed by atoms with Gasteiger partial charge >= 0.3 is 0 Å². The lowest BCUT2D eigenvalue weighted by molar-refractivity contribution is 0.405. The minimum Gasteiger partial charge on any atom is -0.511 e. The quantitative estimate of drug-likeness (QED) is 0.805. The average Bonchev–Trinajstić information content (AvgIpc) is 2.64. The molecule has 0 aliphatic heterocycles. The highest BCUT2D eigenvalue weighted by atomic mass is 16.3. The van der Waals surface area contributed by atoms with Gasteiger partial charge in [0.1, 0.15) is 5.76 Å². The fourth-order valence-corrected chi connectivity index (χ4v) is 2.31. The molecule has 0 radical (unpaired) electrons. The molecule has 0 saturated carbocycles. The second-order valence-electron chi connectivity index (χ2n) is 4.32. The summed E-state index contributed by atoms with van der Waals surface area (Å²) in [6.07, 6.45) is 0.612.